The third kappa shape index (κ3) is 3.80. The van der Waals surface area contributed by atoms with Crippen molar-refractivity contribution in [2.45, 2.75) is 0 Å². The zero-order valence-electron chi connectivity index (χ0n) is 10.8. The molecule has 0 aromatic heterocycles. The summed E-state index contributed by atoms with van der Waals surface area (Å²) in [6, 6.07) is 14.8. The topological polar surface area (TPSA) is 50.7 Å². The Balaban J connectivity index is 2.05. The van der Waals surface area contributed by atoms with E-state index in [1.165, 1.54) is 0 Å². The number of hydrogen-bond acceptors (Lipinski definition) is 3. The lowest BCUT2D eigenvalue weighted by Crippen LogP contribution is -2.17. The van der Waals surface area contributed by atoms with Crippen LogP contribution in [0.2, 0.25) is 0 Å². The molecule has 5 heteroatoms. The van der Waals surface area contributed by atoms with Crippen molar-refractivity contribution in [1.29, 1.82) is 0 Å². The Morgan fingerprint density at radius 3 is 2.80 bits per heavy atom. The van der Waals surface area contributed by atoms with E-state index in [0.29, 0.717) is 11.3 Å². The molecule has 0 spiro atoms. The van der Waals surface area contributed by atoms with Gasteiger partial charge in [-0.15, -0.1) is 0 Å². The second-order valence-corrected chi connectivity index (χ2v) is 5.20. The molecule has 2 aromatic carbocycles. The maximum absolute atomic E-state index is 11.9. The van der Waals surface area contributed by atoms with Gasteiger partial charge in [-0.2, -0.15) is 5.10 Å². The van der Waals surface area contributed by atoms with E-state index in [4.69, 9.17) is 4.74 Å². The summed E-state index contributed by atoms with van der Waals surface area (Å²) >= 11 is 2.16. The predicted octanol–water partition coefficient (Wildman–Crippen LogP) is 3.06. The molecule has 102 valence electrons. The summed E-state index contributed by atoms with van der Waals surface area (Å²) in [5, 5.41) is 3.95. The van der Waals surface area contributed by atoms with E-state index in [1.54, 1.807) is 25.5 Å². The molecule has 0 saturated carbocycles. The fraction of sp³-hybridized carbons (Fsp3) is 0.0667. The van der Waals surface area contributed by atoms with E-state index >= 15 is 0 Å². The third-order valence-corrected chi connectivity index (χ3v) is 3.27. The summed E-state index contributed by atoms with van der Waals surface area (Å²) in [7, 11) is 1.59. The van der Waals surface area contributed by atoms with Crippen LogP contribution in [0.4, 0.5) is 0 Å². The zero-order chi connectivity index (χ0) is 14.4. The molecule has 2 rings (SSSR count). The van der Waals surface area contributed by atoms with Gasteiger partial charge in [0.05, 0.1) is 13.3 Å². The molecule has 0 radical (unpaired) electrons. The molecular formula is C15H13IN2O2. The number of carbonyl (C=O) groups is 1. The number of halogens is 1. The highest BCUT2D eigenvalue weighted by Crippen LogP contribution is 2.14. The van der Waals surface area contributed by atoms with Gasteiger partial charge in [0.1, 0.15) is 5.75 Å². The summed E-state index contributed by atoms with van der Waals surface area (Å²) < 4.78 is 6.20. The predicted molar refractivity (Wildman–Crippen MR) is 87.2 cm³/mol. The Hall–Kier alpha value is -1.89. The van der Waals surface area contributed by atoms with Crippen molar-refractivity contribution >= 4 is 34.7 Å². The number of hydrazone groups is 1. The highest BCUT2D eigenvalue weighted by atomic mass is 127. The number of rotatable bonds is 4. The van der Waals surface area contributed by atoms with Crippen molar-refractivity contribution in [2.24, 2.45) is 5.10 Å². The normalized spacial score (nSPS) is 10.5. The van der Waals surface area contributed by atoms with Crippen LogP contribution in [0.1, 0.15) is 15.9 Å². The zero-order valence-corrected chi connectivity index (χ0v) is 13.0. The number of carbonyl (C=O) groups excluding carboxylic acids is 1. The summed E-state index contributed by atoms with van der Waals surface area (Å²) in [5.74, 6) is 0.467. The van der Waals surface area contributed by atoms with Crippen LogP contribution in [0.25, 0.3) is 0 Å². The number of amides is 1. The molecule has 0 aliphatic carbocycles. The van der Waals surface area contributed by atoms with E-state index in [1.807, 2.05) is 36.4 Å². The Kier molecular flexibility index (Phi) is 5.11. The number of benzene rings is 2. The fourth-order valence-corrected chi connectivity index (χ4v) is 2.17. The van der Waals surface area contributed by atoms with Gasteiger partial charge in [0, 0.05) is 14.7 Å². The van der Waals surface area contributed by atoms with E-state index in [0.717, 1.165) is 9.13 Å². The smallest absolute Gasteiger partial charge is 0.271 e. The number of ether oxygens (including phenoxy) is 1. The molecule has 0 fully saturated rings. The molecule has 0 saturated heterocycles. The maximum atomic E-state index is 11.9. The van der Waals surface area contributed by atoms with Crippen molar-refractivity contribution in [3.05, 3.63) is 63.2 Å². The Morgan fingerprint density at radius 1 is 1.25 bits per heavy atom. The van der Waals surface area contributed by atoms with Crippen molar-refractivity contribution in [3.63, 3.8) is 0 Å². The van der Waals surface area contributed by atoms with Crippen molar-refractivity contribution in [3.8, 4) is 5.75 Å². The molecule has 1 amide bonds. The van der Waals surface area contributed by atoms with Gasteiger partial charge in [-0.05, 0) is 52.9 Å². The highest BCUT2D eigenvalue weighted by Gasteiger charge is 2.04. The summed E-state index contributed by atoms with van der Waals surface area (Å²) in [4.78, 5) is 11.9. The fourth-order valence-electron chi connectivity index (χ4n) is 1.63. The van der Waals surface area contributed by atoms with Crippen molar-refractivity contribution in [1.82, 2.24) is 5.43 Å². The lowest BCUT2D eigenvalue weighted by Gasteiger charge is -2.03. The summed E-state index contributed by atoms with van der Waals surface area (Å²) in [6.07, 6.45) is 1.56. The molecule has 0 heterocycles. The van der Waals surface area contributed by atoms with Crippen LogP contribution in [-0.2, 0) is 0 Å². The van der Waals surface area contributed by atoms with Crippen LogP contribution in [0, 0.1) is 3.57 Å². The molecular weight excluding hydrogens is 367 g/mol. The van der Waals surface area contributed by atoms with E-state index in [2.05, 4.69) is 33.1 Å². The van der Waals surface area contributed by atoms with E-state index in [9.17, 15) is 4.79 Å². The second kappa shape index (κ2) is 7.04. The molecule has 2 aromatic rings. The SMILES string of the molecule is COc1ccccc1C=NNC(=O)c1cccc(I)c1. The van der Waals surface area contributed by atoms with Crippen LogP contribution >= 0.6 is 22.6 Å². The number of hydrogen-bond donors (Lipinski definition) is 1. The largest absolute Gasteiger partial charge is 0.496 e. The quantitative estimate of drug-likeness (QED) is 0.504. The first-order valence-electron chi connectivity index (χ1n) is 5.92. The second-order valence-electron chi connectivity index (χ2n) is 3.95. The molecule has 4 nitrogen and oxygen atoms in total. The minimum absolute atomic E-state index is 0.241. The first-order chi connectivity index (χ1) is 9.70. The Morgan fingerprint density at radius 2 is 2.05 bits per heavy atom. The molecule has 1 N–H and O–H groups in total. The molecule has 0 aliphatic rings. The maximum Gasteiger partial charge on any atom is 0.271 e. The van der Waals surface area contributed by atoms with Gasteiger partial charge in [-0.25, -0.2) is 5.43 Å². The third-order valence-electron chi connectivity index (χ3n) is 2.60. The number of para-hydroxylation sites is 1. The minimum atomic E-state index is -0.241. The van der Waals surface area contributed by atoms with Gasteiger partial charge in [-0.1, -0.05) is 18.2 Å². The van der Waals surface area contributed by atoms with E-state index in [-0.39, 0.29) is 5.91 Å². The van der Waals surface area contributed by atoms with Crippen LogP contribution in [0.5, 0.6) is 5.75 Å². The molecule has 0 bridgehead atoms. The van der Waals surface area contributed by atoms with Gasteiger partial charge in [0.2, 0.25) is 0 Å². The van der Waals surface area contributed by atoms with Crippen molar-refractivity contribution < 1.29 is 9.53 Å². The van der Waals surface area contributed by atoms with Crippen LogP contribution in [-0.4, -0.2) is 19.2 Å². The van der Waals surface area contributed by atoms with E-state index < -0.39 is 0 Å². The lowest BCUT2D eigenvalue weighted by molar-refractivity contribution is 0.0955. The summed E-state index contributed by atoms with van der Waals surface area (Å²) in [6.45, 7) is 0. The standard InChI is InChI=1S/C15H13IN2O2/c1-20-14-8-3-2-5-12(14)10-17-18-15(19)11-6-4-7-13(16)9-11/h2-10H,1H3,(H,18,19). The number of nitrogens with zero attached hydrogens (tertiary/aromatic N) is 1. The molecule has 0 aliphatic heterocycles. The first kappa shape index (κ1) is 14.5. The average molecular weight is 380 g/mol. The van der Waals surface area contributed by atoms with Gasteiger partial charge in [0.15, 0.2) is 0 Å². The lowest BCUT2D eigenvalue weighted by atomic mass is 10.2. The Labute approximate surface area is 131 Å². The number of methoxy groups -OCH3 is 1. The van der Waals surface area contributed by atoms with Gasteiger partial charge < -0.3 is 4.74 Å². The van der Waals surface area contributed by atoms with Crippen LogP contribution < -0.4 is 10.2 Å². The highest BCUT2D eigenvalue weighted by molar-refractivity contribution is 14.1. The molecule has 0 unspecified atom stereocenters. The van der Waals surface area contributed by atoms with Gasteiger partial charge in [-0.3, -0.25) is 4.79 Å². The molecule has 20 heavy (non-hydrogen) atoms. The van der Waals surface area contributed by atoms with Crippen LogP contribution in [0.15, 0.2) is 53.6 Å². The van der Waals surface area contributed by atoms with Crippen LogP contribution in [0.3, 0.4) is 0 Å². The molecule has 0 atom stereocenters. The Bertz CT molecular complexity index is 641. The van der Waals surface area contributed by atoms with Gasteiger partial charge in [0.25, 0.3) is 5.91 Å². The van der Waals surface area contributed by atoms with Crippen molar-refractivity contribution in [2.75, 3.05) is 7.11 Å². The minimum Gasteiger partial charge on any atom is -0.496 e. The monoisotopic (exact) mass is 380 g/mol. The summed E-state index contributed by atoms with van der Waals surface area (Å²) in [5.41, 5.74) is 3.88. The number of nitrogens with one attached hydrogen (secondary N) is 1. The average Bonchev–Trinajstić information content (AvgIpc) is 2.47. The first-order valence-corrected chi connectivity index (χ1v) is 7.00. The van der Waals surface area contributed by atoms with Gasteiger partial charge >= 0.3 is 0 Å².